The lowest BCUT2D eigenvalue weighted by Gasteiger charge is -2.20. The Morgan fingerprint density at radius 2 is 1.79 bits per heavy atom. The summed E-state index contributed by atoms with van der Waals surface area (Å²) in [5, 5.41) is 10.6. The molecular weight excluding hydrogens is 560 g/mol. The molecule has 1 aliphatic heterocycles. The second-order valence-electron chi connectivity index (χ2n) is 10.5. The van der Waals surface area contributed by atoms with E-state index in [-0.39, 0.29) is 5.24 Å². The molecule has 4 N–H and O–H groups in total. The number of carbonyl (C=O) groups is 5. The van der Waals surface area contributed by atoms with Gasteiger partial charge in [-0.2, -0.15) is 0 Å². The van der Waals surface area contributed by atoms with Crippen molar-refractivity contribution >= 4 is 52.6 Å². The molecule has 0 bridgehead atoms. The van der Waals surface area contributed by atoms with Gasteiger partial charge in [0, 0.05) is 24.3 Å². The Labute approximate surface area is 249 Å². The highest BCUT2D eigenvalue weighted by molar-refractivity contribution is 8.18. The van der Waals surface area contributed by atoms with Crippen molar-refractivity contribution in [2.24, 2.45) is 0 Å². The van der Waals surface area contributed by atoms with Crippen LogP contribution in [0.15, 0.2) is 53.4 Å². The number of benzene rings is 2. The van der Waals surface area contributed by atoms with Gasteiger partial charge in [-0.15, -0.1) is 0 Å². The molecule has 1 heterocycles. The number of esters is 1. The van der Waals surface area contributed by atoms with Gasteiger partial charge in [0.05, 0.1) is 12.0 Å². The van der Waals surface area contributed by atoms with Crippen LogP contribution in [0.1, 0.15) is 61.5 Å². The summed E-state index contributed by atoms with van der Waals surface area (Å²) >= 11 is 0.867. The second-order valence-corrected chi connectivity index (χ2v) is 11.5. The van der Waals surface area contributed by atoms with Gasteiger partial charge in [0.15, 0.2) is 0 Å². The van der Waals surface area contributed by atoms with Crippen LogP contribution in [-0.2, 0) is 25.6 Å². The number of carbonyl (C=O) groups excluding carboxylic acids is 5. The number of thioether (sulfide) groups is 1. The van der Waals surface area contributed by atoms with Crippen molar-refractivity contribution in [2.45, 2.75) is 58.2 Å². The molecule has 0 unspecified atom stereocenters. The number of alkyl carbamates (subject to hydrolysis) is 1. The average Bonchev–Trinajstić information content (AvgIpc) is 3.25. The van der Waals surface area contributed by atoms with Crippen LogP contribution in [0.3, 0.4) is 0 Å². The molecule has 0 aromatic heterocycles. The fraction of sp³-hybridized carbons (Fsp3) is 0.367. The Bertz CT molecular complexity index is 1340. The van der Waals surface area contributed by atoms with Gasteiger partial charge in [0.25, 0.3) is 17.1 Å². The highest BCUT2D eigenvalue weighted by Crippen LogP contribution is 2.26. The molecule has 2 aromatic rings. The highest BCUT2D eigenvalue weighted by atomic mass is 32.2. The topological polar surface area (TPSA) is 152 Å². The number of rotatable bonds is 12. The van der Waals surface area contributed by atoms with Crippen LogP contribution >= 0.6 is 11.8 Å². The predicted molar refractivity (Wildman–Crippen MR) is 161 cm³/mol. The predicted octanol–water partition coefficient (Wildman–Crippen LogP) is 4.59. The molecule has 1 atom stereocenters. The summed E-state index contributed by atoms with van der Waals surface area (Å²) in [6.45, 7) is 6.22. The normalized spacial score (nSPS) is 14.6. The van der Waals surface area contributed by atoms with Crippen molar-refractivity contribution in [3.63, 3.8) is 0 Å². The zero-order valence-corrected chi connectivity index (χ0v) is 24.9. The van der Waals surface area contributed by atoms with E-state index in [4.69, 9.17) is 9.47 Å². The minimum atomic E-state index is -0.820. The monoisotopic (exact) mass is 596 g/mol. The fourth-order valence-corrected chi connectivity index (χ4v) is 4.58. The van der Waals surface area contributed by atoms with E-state index in [2.05, 4.69) is 21.3 Å². The Hall–Kier alpha value is -4.32. The van der Waals surface area contributed by atoms with E-state index in [1.54, 1.807) is 39.0 Å². The van der Waals surface area contributed by atoms with Gasteiger partial charge < -0.3 is 25.4 Å². The average molecular weight is 597 g/mol. The van der Waals surface area contributed by atoms with Crippen LogP contribution in [0, 0.1) is 0 Å². The summed E-state index contributed by atoms with van der Waals surface area (Å²) in [6.07, 6.45) is 2.68. The highest BCUT2D eigenvalue weighted by Gasteiger charge is 2.25. The van der Waals surface area contributed by atoms with Crippen molar-refractivity contribution in [2.75, 3.05) is 19.0 Å². The number of hydrogen-bond donors (Lipinski definition) is 4. The van der Waals surface area contributed by atoms with E-state index in [0.717, 1.165) is 28.6 Å². The smallest absolute Gasteiger partial charge is 0.407 e. The van der Waals surface area contributed by atoms with E-state index in [1.807, 2.05) is 36.4 Å². The lowest BCUT2D eigenvalue weighted by Crippen LogP contribution is -2.41. The van der Waals surface area contributed by atoms with Crippen molar-refractivity contribution in [1.82, 2.24) is 16.0 Å². The molecule has 12 heteroatoms. The lowest BCUT2D eigenvalue weighted by atomic mass is 10.1. The number of nitrogens with one attached hydrogen (secondary N) is 4. The number of anilines is 1. The van der Waals surface area contributed by atoms with Gasteiger partial charge in [-0.05, 0) is 93.3 Å². The van der Waals surface area contributed by atoms with Gasteiger partial charge in [-0.25, -0.2) is 9.59 Å². The molecular formula is C30H36N4O7S. The third kappa shape index (κ3) is 10.6. The van der Waals surface area contributed by atoms with Crippen molar-refractivity contribution in [1.29, 1.82) is 0 Å². The molecule has 1 saturated heterocycles. The standard InChI is InChI=1S/C30H36N4O7S/c1-30(2,3)41-28(38)31-15-6-5-10-23(27(37)40-4)33-25(35)21-13-11-19(12-14-21)18-32-22-9-7-8-20(16-22)17-24-26(36)34-29(39)42-24/h7-9,11-14,16-17,23,32H,5-6,10,15,18H2,1-4H3,(H,31,38)(H,33,35)(H,34,36,39)/b24-17-/t23-/m0/s1. The van der Waals surface area contributed by atoms with Crippen molar-refractivity contribution in [3.8, 4) is 0 Å². The first-order valence-corrected chi connectivity index (χ1v) is 14.3. The van der Waals surface area contributed by atoms with E-state index in [1.165, 1.54) is 7.11 Å². The van der Waals surface area contributed by atoms with Crippen molar-refractivity contribution in [3.05, 3.63) is 70.1 Å². The minimum Gasteiger partial charge on any atom is -0.467 e. The zero-order chi connectivity index (χ0) is 30.7. The summed E-state index contributed by atoms with van der Waals surface area (Å²) in [7, 11) is 1.27. The Morgan fingerprint density at radius 1 is 1.05 bits per heavy atom. The first-order chi connectivity index (χ1) is 19.9. The number of hydrogen-bond acceptors (Lipinski definition) is 9. The van der Waals surface area contributed by atoms with Crippen molar-refractivity contribution < 1.29 is 33.4 Å². The lowest BCUT2D eigenvalue weighted by molar-refractivity contribution is -0.143. The first kappa shape index (κ1) is 32.2. The number of unbranched alkanes of at least 4 members (excludes halogenated alkanes) is 1. The second kappa shape index (κ2) is 15.1. The van der Waals surface area contributed by atoms with Crippen LogP contribution < -0.4 is 21.3 Å². The van der Waals surface area contributed by atoms with E-state index in [0.29, 0.717) is 42.8 Å². The molecule has 0 spiro atoms. The molecule has 2 aromatic carbocycles. The summed E-state index contributed by atoms with van der Waals surface area (Å²) in [6, 6.07) is 13.6. The maximum Gasteiger partial charge on any atom is 0.407 e. The molecule has 3 rings (SSSR count). The number of amides is 4. The number of methoxy groups -OCH3 is 1. The third-order valence-corrected chi connectivity index (χ3v) is 6.73. The maximum absolute atomic E-state index is 12.8. The van der Waals surface area contributed by atoms with Crippen LogP contribution in [0.25, 0.3) is 6.08 Å². The summed E-state index contributed by atoms with van der Waals surface area (Å²) in [5.74, 6) is -1.34. The van der Waals surface area contributed by atoms with E-state index >= 15 is 0 Å². The summed E-state index contributed by atoms with van der Waals surface area (Å²) < 4.78 is 10.0. The first-order valence-electron chi connectivity index (χ1n) is 13.5. The van der Waals surface area contributed by atoms with Crippen LogP contribution in [0.4, 0.5) is 15.3 Å². The van der Waals surface area contributed by atoms with Gasteiger partial charge in [0.1, 0.15) is 11.6 Å². The number of imide groups is 1. The fourth-order valence-electron chi connectivity index (χ4n) is 3.90. The largest absolute Gasteiger partial charge is 0.467 e. The quantitative estimate of drug-likeness (QED) is 0.157. The van der Waals surface area contributed by atoms with Crippen LogP contribution in [0.5, 0.6) is 0 Å². The maximum atomic E-state index is 12.8. The molecule has 0 radical (unpaired) electrons. The van der Waals surface area contributed by atoms with Gasteiger partial charge >= 0.3 is 12.1 Å². The van der Waals surface area contributed by atoms with Gasteiger partial charge in [0.2, 0.25) is 0 Å². The van der Waals surface area contributed by atoms with E-state index < -0.39 is 35.5 Å². The van der Waals surface area contributed by atoms with Gasteiger partial charge in [-0.1, -0.05) is 24.3 Å². The Balaban J connectivity index is 1.48. The minimum absolute atomic E-state index is 0.343. The Kier molecular flexibility index (Phi) is 11.5. The molecule has 224 valence electrons. The molecule has 0 saturated carbocycles. The van der Waals surface area contributed by atoms with Crippen LogP contribution in [0.2, 0.25) is 0 Å². The molecule has 11 nitrogen and oxygen atoms in total. The molecule has 0 aliphatic carbocycles. The number of ether oxygens (including phenoxy) is 2. The molecule has 1 aliphatic rings. The summed E-state index contributed by atoms with van der Waals surface area (Å²) in [4.78, 5) is 60.3. The molecule has 4 amide bonds. The van der Waals surface area contributed by atoms with Gasteiger partial charge in [-0.3, -0.25) is 19.7 Å². The van der Waals surface area contributed by atoms with Crippen LogP contribution in [-0.4, -0.2) is 54.4 Å². The zero-order valence-electron chi connectivity index (χ0n) is 24.1. The Morgan fingerprint density at radius 3 is 2.43 bits per heavy atom. The molecule has 1 fully saturated rings. The van der Waals surface area contributed by atoms with E-state index in [9.17, 15) is 24.0 Å². The summed E-state index contributed by atoms with van der Waals surface area (Å²) in [5.41, 5.74) is 2.34. The SMILES string of the molecule is COC(=O)[C@H](CCCCNC(=O)OC(C)(C)C)NC(=O)c1ccc(CNc2cccc(/C=C3\SC(=O)NC3=O)c2)cc1. The molecule has 42 heavy (non-hydrogen) atoms. The third-order valence-electron chi connectivity index (χ3n) is 5.92.